The maximum absolute atomic E-state index is 13.9. The van der Waals surface area contributed by atoms with E-state index in [1.807, 2.05) is 32.0 Å². The Hall–Kier alpha value is -3.08. The van der Waals surface area contributed by atoms with Crippen LogP contribution in [0.1, 0.15) is 36.3 Å². The summed E-state index contributed by atoms with van der Waals surface area (Å²) in [6.45, 7) is 3.93. The van der Waals surface area contributed by atoms with Gasteiger partial charge in [-0.1, -0.05) is 29.8 Å². The number of aryl methyl sites for hydroxylation is 2. The number of hydrogen-bond acceptors (Lipinski definition) is 3. The van der Waals surface area contributed by atoms with Crippen molar-refractivity contribution in [3.8, 4) is 17.1 Å². The lowest BCUT2D eigenvalue weighted by Gasteiger charge is -2.18. The number of nitrogens with one attached hydrogen (secondary N) is 1. The Morgan fingerprint density at radius 1 is 1.18 bits per heavy atom. The van der Waals surface area contributed by atoms with Crippen molar-refractivity contribution in [2.45, 2.75) is 32.7 Å². The quantitative estimate of drug-likeness (QED) is 0.611. The number of methoxy groups -OCH3 is 1. The first-order chi connectivity index (χ1) is 13.5. The molecule has 3 rings (SSSR count). The first kappa shape index (κ1) is 19.7. The van der Waals surface area contributed by atoms with Crippen molar-refractivity contribution >= 4 is 5.91 Å². The van der Waals surface area contributed by atoms with Crippen molar-refractivity contribution < 1.29 is 18.3 Å². The Morgan fingerprint density at radius 3 is 2.71 bits per heavy atom. The van der Waals surface area contributed by atoms with Gasteiger partial charge < -0.3 is 14.5 Å². The first-order valence-corrected chi connectivity index (χ1v) is 9.25. The number of hydrogen-bond donors (Lipinski definition) is 1. The summed E-state index contributed by atoms with van der Waals surface area (Å²) in [5.41, 5.74) is 2.46. The van der Waals surface area contributed by atoms with Gasteiger partial charge in [0.2, 0.25) is 5.91 Å². The van der Waals surface area contributed by atoms with Crippen molar-refractivity contribution in [3.05, 3.63) is 77.3 Å². The number of benzene rings is 2. The third-order valence-corrected chi connectivity index (χ3v) is 4.63. The molecule has 0 saturated heterocycles. The second-order valence-electron chi connectivity index (χ2n) is 6.78. The molecule has 1 atom stereocenters. The zero-order valence-corrected chi connectivity index (χ0v) is 16.3. The normalized spacial score (nSPS) is 11.9. The summed E-state index contributed by atoms with van der Waals surface area (Å²) < 4.78 is 25.0. The van der Waals surface area contributed by atoms with Crippen LogP contribution in [0.25, 0.3) is 11.3 Å². The molecule has 0 aliphatic carbocycles. The van der Waals surface area contributed by atoms with Gasteiger partial charge in [0.25, 0.3) is 0 Å². The fraction of sp³-hybridized carbons (Fsp3) is 0.261. The van der Waals surface area contributed by atoms with Crippen molar-refractivity contribution in [1.29, 1.82) is 0 Å². The molecule has 0 bridgehead atoms. The zero-order chi connectivity index (χ0) is 20.1. The Kier molecular flexibility index (Phi) is 6.14. The van der Waals surface area contributed by atoms with Crippen molar-refractivity contribution in [2.24, 2.45) is 0 Å². The summed E-state index contributed by atoms with van der Waals surface area (Å²) in [7, 11) is 1.62. The first-order valence-electron chi connectivity index (χ1n) is 9.25. The molecule has 0 aliphatic heterocycles. The molecule has 0 aliphatic rings. The van der Waals surface area contributed by atoms with E-state index in [2.05, 4.69) is 5.32 Å². The number of rotatable bonds is 7. The van der Waals surface area contributed by atoms with Gasteiger partial charge in [-0.05, 0) is 44.2 Å². The maximum atomic E-state index is 13.9. The lowest BCUT2D eigenvalue weighted by Crippen LogP contribution is -2.27. The monoisotopic (exact) mass is 381 g/mol. The molecule has 1 N–H and O–H groups in total. The fourth-order valence-corrected chi connectivity index (χ4v) is 3.14. The molecule has 0 saturated carbocycles. The van der Waals surface area contributed by atoms with E-state index in [9.17, 15) is 9.18 Å². The van der Waals surface area contributed by atoms with Crippen LogP contribution < -0.4 is 10.1 Å². The molecule has 2 aromatic carbocycles. The average Bonchev–Trinajstić information content (AvgIpc) is 3.15. The van der Waals surface area contributed by atoms with Gasteiger partial charge in [0.15, 0.2) is 0 Å². The minimum Gasteiger partial charge on any atom is -0.496 e. The van der Waals surface area contributed by atoms with Crippen molar-refractivity contribution in [3.63, 3.8) is 0 Å². The Labute approximate surface area is 164 Å². The number of amides is 1. The fourth-order valence-electron chi connectivity index (χ4n) is 3.14. The number of carbonyl (C=O) groups excluding carboxylic acids is 1. The van der Waals surface area contributed by atoms with Gasteiger partial charge in [-0.2, -0.15) is 0 Å². The highest BCUT2D eigenvalue weighted by atomic mass is 19.1. The highest BCUT2D eigenvalue weighted by Crippen LogP contribution is 2.27. The van der Waals surface area contributed by atoms with Crippen molar-refractivity contribution in [1.82, 2.24) is 5.32 Å². The topological polar surface area (TPSA) is 51.5 Å². The van der Waals surface area contributed by atoms with Gasteiger partial charge in [-0.3, -0.25) is 4.79 Å². The van der Waals surface area contributed by atoms with E-state index < -0.39 is 0 Å². The van der Waals surface area contributed by atoms with Crippen LogP contribution >= 0.6 is 0 Å². The van der Waals surface area contributed by atoms with Gasteiger partial charge in [0.05, 0.1) is 18.7 Å². The number of ether oxygens (including phenoxy) is 1. The third-order valence-electron chi connectivity index (χ3n) is 4.63. The molecular formula is C23H24FNO3. The van der Waals surface area contributed by atoms with Crippen LogP contribution in [-0.4, -0.2) is 13.0 Å². The molecule has 0 radical (unpaired) electrons. The van der Waals surface area contributed by atoms with Crippen LogP contribution in [0.3, 0.4) is 0 Å². The minimum atomic E-state index is -0.331. The Bertz CT molecular complexity index is 964. The van der Waals surface area contributed by atoms with E-state index in [0.717, 1.165) is 16.9 Å². The summed E-state index contributed by atoms with van der Waals surface area (Å²) >= 11 is 0. The van der Waals surface area contributed by atoms with Crippen LogP contribution in [-0.2, 0) is 11.2 Å². The van der Waals surface area contributed by atoms with Gasteiger partial charge in [0.1, 0.15) is 23.1 Å². The van der Waals surface area contributed by atoms with E-state index >= 15 is 0 Å². The largest absolute Gasteiger partial charge is 0.496 e. The molecule has 1 amide bonds. The van der Waals surface area contributed by atoms with E-state index in [4.69, 9.17) is 9.15 Å². The molecule has 3 aromatic rings. The summed E-state index contributed by atoms with van der Waals surface area (Å²) in [5.74, 6) is 1.45. The molecular weight excluding hydrogens is 357 g/mol. The molecule has 28 heavy (non-hydrogen) atoms. The van der Waals surface area contributed by atoms with E-state index in [0.29, 0.717) is 23.5 Å². The van der Waals surface area contributed by atoms with Gasteiger partial charge in [0, 0.05) is 18.4 Å². The predicted molar refractivity (Wildman–Crippen MR) is 107 cm³/mol. The van der Waals surface area contributed by atoms with Crippen LogP contribution in [0.4, 0.5) is 4.39 Å². The van der Waals surface area contributed by atoms with Gasteiger partial charge in [-0.25, -0.2) is 4.39 Å². The van der Waals surface area contributed by atoms with E-state index in [-0.39, 0.29) is 24.2 Å². The number of carbonyl (C=O) groups is 1. The highest BCUT2D eigenvalue weighted by Gasteiger charge is 2.15. The molecule has 146 valence electrons. The molecule has 0 spiro atoms. The molecule has 0 fully saturated rings. The zero-order valence-electron chi connectivity index (χ0n) is 16.3. The predicted octanol–water partition coefficient (Wildman–Crippen LogP) is 5.21. The van der Waals surface area contributed by atoms with E-state index in [1.54, 1.807) is 37.4 Å². The van der Waals surface area contributed by atoms with Gasteiger partial charge >= 0.3 is 0 Å². The van der Waals surface area contributed by atoms with E-state index in [1.165, 1.54) is 6.07 Å². The van der Waals surface area contributed by atoms with Crippen molar-refractivity contribution in [2.75, 3.05) is 7.11 Å². The smallest absolute Gasteiger partial charge is 0.220 e. The summed E-state index contributed by atoms with van der Waals surface area (Å²) in [5, 5.41) is 3.00. The second kappa shape index (κ2) is 8.74. The van der Waals surface area contributed by atoms with Crippen LogP contribution in [0, 0.1) is 12.7 Å². The SMILES string of the molecule is COc1ccc(C)cc1C(C)NC(=O)CCc1ccc(-c2ccccc2F)o1. The van der Waals surface area contributed by atoms with Crippen LogP contribution in [0.15, 0.2) is 59.0 Å². The minimum absolute atomic E-state index is 0.0834. The third kappa shape index (κ3) is 4.60. The molecule has 1 aromatic heterocycles. The average molecular weight is 381 g/mol. The Balaban J connectivity index is 1.59. The van der Waals surface area contributed by atoms with Gasteiger partial charge in [-0.15, -0.1) is 0 Å². The number of furan rings is 1. The lowest BCUT2D eigenvalue weighted by molar-refractivity contribution is -0.121. The highest BCUT2D eigenvalue weighted by molar-refractivity contribution is 5.76. The summed E-state index contributed by atoms with van der Waals surface area (Å²) in [4.78, 5) is 12.4. The van der Waals surface area contributed by atoms with Crippen LogP contribution in [0.2, 0.25) is 0 Å². The second-order valence-corrected chi connectivity index (χ2v) is 6.78. The maximum Gasteiger partial charge on any atom is 0.220 e. The van der Waals surface area contributed by atoms with Crippen LogP contribution in [0.5, 0.6) is 5.75 Å². The Morgan fingerprint density at radius 2 is 1.96 bits per heavy atom. The lowest BCUT2D eigenvalue weighted by atomic mass is 10.0. The molecule has 5 heteroatoms. The molecule has 1 unspecified atom stereocenters. The number of halogens is 1. The standard InChI is InChI=1S/C23H24FNO3/c1-15-8-11-21(27-3)19(14-15)16(2)25-23(26)13-10-17-9-12-22(28-17)18-6-4-5-7-20(18)24/h4-9,11-12,14,16H,10,13H2,1-3H3,(H,25,26). The summed E-state index contributed by atoms with van der Waals surface area (Å²) in [6.07, 6.45) is 0.723. The molecule has 1 heterocycles. The molecule has 4 nitrogen and oxygen atoms in total. The summed E-state index contributed by atoms with van der Waals surface area (Å²) in [6, 6.07) is 15.7.